The minimum Gasteiger partial charge on any atom is -0.496 e. The van der Waals surface area contributed by atoms with Crippen molar-refractivity contribution in [2.45, 2.75) is 227 Å². The molecule has 3 aromatic heterocycles. The highest BCUT2D eigenvalue weighted by molar-refractivity contribution is 5.96. The molecule has 24 nitrogen and oxygen atoms in total. The van der Waals surface area contributed by atoms with Crippen LogP contribution in [-0.4, -0.2) is 224 Å². The zero-order valence-electron chi connectivity index (χ0n) is 74.5. The third-order valence-electron chi connectivity index (χ3n) is 23.7. The standard InChI is InChI=1S/2C31H50N4O4.C30H48N4O4/c1-22(2)23(3)35-27(30-28(38-6)14-11-15-29(30)39-7)20-26(33-35)31(36)32-25(21-34(4)18-19-37-5)17-16-24-12-9-8-10-13-24;1-7-23(2)21-35-27(30-28(38-5)14-11-15-29(30)39-6)20-26(33-35)31(36)32-25(22-34(3)18-19-37-4)17-16-24-12-9-8-10-13-24;1-22(2)20-34-26(29-27(37-5)13-10-14-28(29)38-6)19-25(32-34)30(35)31-24(21-33(3)17-18-36-4)16-15-23-11-8-7-9-12-23/h11,14-15,20,22-25H,8-10,12-13,16-19,21H2,1-7H3,(H,32,36);11,14-15,20,23-25H,7-10,12-13,16-19,21-22H2,1-6H3,(H,32,36);10,13-14,19,22-24H,7-9,11-12,15-18,20-21H2,1-6H3,(H,31,35)/t2*23?,25-;24-/m000/s1. The molecule has 2 unspecified atom stereocenters. The number of aromatic nitrogens is 6. The van der Waals surface area contributed by atoms with E-state index in [1.165, 1.54) is 96.3 Å². The topological polar surface area (TPSA) is 234 Å². The molecule has 3 aliphatic carbocycles. The van der Waals surface area contributed by atoms with Gasteiger partial charge in [-0.3, -0.25) is 28.4 Å². The summed E-state index contributed by atoms with van der Waals surface area (Å²) in [6.45, 7) is 23.3. The predicted molar refractivity (Wildman–Crippen MR) is 465 cm³/mol. The van der Waals surface area contributed by atoms with Gasteiger partial charge in [-0.2, -0.15) is 15.3 Å². The smallest absolute Gasteiger partial charge is 0.272 e. The van der Waals surface area contributed by atoms with Crippen LogP contribution in [0.4, 0.5) is 0 Å². The summed E-state index contributed by atoms with van der Waals surface area (Å²) in [5, 5.41) is 24.4. The highest BCUT2D eigenvalue weighted by Gasteiger charge is 2.31. The Kier molecular flexibility index (Phi) is 41.9. The molecule has 0 saturated heterocycles. The van der Waals surface area contributed by atoms with Crippen molar-refractivity contribution >= 4 is 17.7 Å². The molecule has 0 radical (unpaired) electrons. The Balaban J connectivity index is 0.000000241. The van der Waals surface area contributed by atoms with Gasteiger partial charge >= 0.3 is 0 Å². The largest absolute Gasteiger partial charge is 0.496 e. The molecule has 648 valence electrons. The van der Waals surface area contributed by atoms with Crippen molar-refractivity contribution < 1.29 is 57.0 Å². The van der Waals surface area contributed by atoms with Crippen molar-refractivity contribution in [3.8, 4) is 68.3 Å². The van der Waals surface area contributed by atoms with Crippen LogP contribution in [0.25, 0.3) is 33.8 Å². The fourth-order valence-corrected chi connectivity index (χ4v) is 16.4. The molecule has 3 amide bonds. The third kappa shape index (κ3) is 29.7. The Morgan fingerprint density at radius 2 is 0.716 bits per heavy atom. The van der Waals surface area contributed by atoms with E-state index >= 15 is 0 Å². The predicted octanol–water partition coefficient (Wildman–Crippen LogP) is 16.7. The Morgan fingerprint density at radius 3 is 1.00 bits per heavy atom. The average Bonchev–Trinajstić information content (AvgIpc) is 1.59. The number of methoxy groups -OCH3 is 9. The van der Waals surface area contributed by atoms with Gasteiger partial charge in [-0.05, 0) is 157 Å². The Bertz CT molecular complexity index is 3750. The number of nitrogens with one attached hydrogen (secondary N) is 3. The molecule has 3 aromatic carbocycles. The van der Waals surface area contributed by atoms with Crippen molar-refractivity contribution in [1.29, 1.82) is 0 Å². The number of nitrogens with zero attached hydrogens (tertiary/aromatic N) is 9. The fourth-order valence-electron chi connectivity index (χ4n) is 16.4. The van der Waals surface area contributed by atoms with Crippen molar-refractivity contribution in [3.05, 3.63) is 89.9 Å². The van der Waals surface area contributed by atoms with E-state index in [2.05, 4.69) is 100 Å². The quantitative estimate of drug-likeness (QED) is 0.0322. The summed E-state index contributed by atoms with van der Waals surface area (Å²) in [4.78, 5) is 47.7. The summed E-state index contributed by atoms with van der Waals surface area (Å²) in [5.74, 6) is 7.06. The van der Waals surface area contributed by atoms with Crippen LogP contribution in [0.5, 0.6) is 34.5 Å². The summed E-state index contributed by atoms with van der Waals surface area (Å²) in [6.07, 6.45) is 27.3. The zero-order valence-corrected chi connectivity index (χ0v) is 74.5. The van der Waals surface area contributed by atoms with Crippen LogP contribution in [0.1, 0.15) is 227 Å². The van der Waals surface area contributed by atoms with E-state index in [-0.39, 0.29) is 41.9 Å². The first-order chi connectivity index (χ1) is 56.0. The minimum absolute atomic E-state index is 0.0400. The second-order valence-corrected chi connectivity index (χ2v) is 33.6. The second kappa shape index (κ2) is 50.9. The highest BCUT2D eigenvalue weighted by atomic mass is 16.5. The van der Waals surface area contributed by atoms with Gasteiger partial charge in [0, 0.05) is 91.8 Å². The molecule has 3 heterocycles. The lowest BCUT2D eigenvalue weighted by Crippen LogP contribution is -2.43. The molecule has 3 N–H and O–H groups in total. The van der Waals surface area contributed by atoms with E-state index in [0.717, 1.165) is 136 Å². The lowest BCUT2D eigenvalue weighted by molar-refractivity contribution is 0.0901. The number of ether oxygens (including phenoxy) is 9. The van der Waals surface area contributed by atoms with Gasteiger partial charge in [0.1, 0.15) is 34.5 Å². The number of benzene rings is 3. The molecule has 3 saturated carbocycles. The fraction of sp³-hybridized carbons (Fsp3) is 0.674. The Hall–Kier alpha value is -7.74. The van der Waals surface area contributed by atoms with Crippen molar-refractivity contribution in [2.24, 2.45) is 35.5 Å². The van der Waals surface area contributed by atoms with Gasteiger partial charge in [-0.15, -0.1) is 0 Å². The monoisotopic (exact) mass is 1610 g/mol. The molecule has 24 heteroatoms. The van der Waals surface area contributed by atoms with Gasteiger partial charge in [0.05, 0.1) is 102 Å². The van der Waals surface area contributed by atoms with Gasteiger partial charge in [0.25, 0.3) is 17.7 Å². The van der Waals surface area contributed by atoms with Gasteiger partial charge in [-0.1, -0.05) is 162 Å². The number of carbonyl (C=O) groups is 3. The molecule has 116 heavy (non-hydrogen) atoms. The molecule has 5 atom stereocenters. The van der Waals surface area contributed by atoms with E-state index in [0.29, 0.717) is 102 Å². The molecular weight excluding hydrogens is 1470 g/mol. The van der Waals surface area contributed by atoms with Gasteiger partial charge in [-0.25, -0.2) is 0 Å². The Labute approximate surface area is 696 Å². The maximum Gasteiger partial charge on any atom is 0.272 e. The number of hydrogen-bond donors (Lipinski definition) is 3. The summed E-state index contributed by atoms with van der Waals surface area (Å²) >= 11 is 0. The molecule has 0 bridgehead atoms. The van der Waals surface area contributed by atoms with Crippen LogP contribution in [0.15, 0.2) is 72.8 Å². The van der Waals surface area contributed by atoms with E-state index in [4.69, 9.17) is 57.9 Å². The lowest BCUT2D eigenvalue weighted by Gasteiger charge is -2.27. The lowest BCUT2D eigenvalue weighted by atomic mass is 9.85. The van der Waals surface area contributed by atoms with E-state index in [1.54, 1.807) is 64.0 Å². The molecule has 0 spiro atoms. The summed E-state index contributed by atoms with van der Waals surface area (Å²) < 4.78 is 55.7. The molecule has 3 aliphatic rings. The number of rotatable bonds is 46. The van der Waals surface area contributed by atoms with Gasteiger partial charge in [0.2, 0.25) is 0 Å². The van der Waals surface area contributed by atoms with E-state index in [1.807, 2.05) is 86.8 Å². The van der Waals surface area contributed by atoms with Crippen molar-refractivity contribution in [1.82, 2.24) is 60.0 Å². The van der Waals surface area contributed by atoms with Crippen molar-refractivity contribution in [2.75, 3.05) is 144 Å². The van der Waals surface area contributed by atoms with Crippen molar-refractivity contribution in [3.63, 3.8) is 0 Å². The van der Waals surface area contributed by atoms with Crippen LogP contribution in [-0.2, 0) is 27.3 Å². The second-order valence-electron chi connectivity index (χ2n) is 33.6. The van der Waals surface area contributed by atoms with Crippen LogP contribution >= 0.6 is 0 Å². The van der Waals surface area contributed by atoms with E-state index in [9.17, 15) is 14.4 Å². The number of amides is 3. The van der Waals surface area contributed by atoms with E-state index < -0.39 is 0 Å². The number of carbonyl (C=O) groups excluding carboxylic acids is 3. The molecular formula is C92H148N12O12. The molecule has 9 rings (SSSR count). The van der Waals surface area contributed by atoms with Gasteiger partial charge < -0.3 is 73.3 Å². The number of hydrogen-bond acceptors (Lipinski definition) is 18. The SMILES string of the molecule is CCC(C)Cn1nc(C(=O)N[C@@H](CCC2CCCCC2)CN(C)CCOC)cc1-c1c(OC)cccc1OC.COCCN(C)C[C@H](CCC1CCCCC1)NC(=O)c1cc(-c2c(OC)cccc2OC)n(C(C)C(C)C)n1.COCCN(C)C[C@H](CCC1CCCCC1)NC(=O)c1cc(-c2c(OC)cccc2OC)n(CC(C)C)n1. The molecule has 0 aliphatic heterocycles. The first-order valence-corrected chi connectivity index (χ1v) is 43.4. The maximum absolute atomic E-state index is 13.7. The number of likely N-dealkylation sites (N-methyl/N-ethyl adjacent to an activating group) is 3. The van der Waals surface area contributed by atoms with Gasteiger partial charge in [0.15, 0.2) is 17.1 Å². The minimum atomic E-state index is -0.145. The van der Waals surface area contributed by atoms with Crippen LogP contribution in [0.3, 0.4) is 0 Å². The van der Waals surface area contributed by atoms with Crippen LogP contribution in [0.2, 0.25) is 0 Å². The maximum atomic E-state index is 13.7. The molecule has 3 fully saturated rings. The third-order valence-corrected chi connectivity index (χ3v) is 23.7. The van der Waals surface area contributed by atoms with Crippen LogP contribution in [0, 0.1) is 35.5 Å². The highest BCUT2D eigenvalue weighted by Crippen LogP contribution is 2.43. The normalized spacial score (nSPS) is 15.6. The first kappa shape index (κ1) is 95.4. The average molecular weight is 1610 g/mol. The molecule has 6 aromatic rings. The summed E-state index contributed by atoms with van der Waals surface area (Å²) in [6, 6.07) is 23.0. The Morgan fingerprint density at radius 1 is 0.422 bits per heavy atom. The first-order valence-electron chi connectivity index (χ1n) is 43.4. The van der Waals surface area contributed by atoms with Crippen LogP contribution < -0.4 is 44.4 Å². The zero-order chi connectivity index (χ0) is 84.1. The summed E-state index contributed by atoms with van der Waals surface area (Å²) in [7, 11) is 21.3. The summed E-state index contributed by atoms with van der Waals surface area (Å²) in [5.41, 5.74) is 6.11.